The molecule has 0 radical (unpaired) electrons. The van der Waals surface area contributed by atoms with Gasteiger partial charge in [0.1, 0.15) is 23.9 Å². The molecule has 3 nitrogen and oxygen atoms in total. The van der Waals surface area contributed by atoms with Crippen LogP contribution in [0.2, 0.25) is 0 Å². The van der Waals surface area contributed by atoms with Crippen LogP contribution < -0.4 is 10.5 Å². The molecule has 20 heavy (non-hydrogen) atoms. The second kappa shape index (κ2) is 7.15. The Morgan fingerprint density at radius 1 is 1.05 bits per heavy atom. The van der Waals surface area contributed by atoms with Crippen molar-refractivity contribution >= 4 is 0 Å². The second-order valence-corrected chi connectivity index (χ2v) is 5.27. The summed E-state index contributed by atoms with van der Waals surface area (Å²) in [6.07, 6.45) is 1.84. The van der Waals surface area contributed by atoms with Gasteiger partial charge in [-0.2, -0.15) is 0 Å². The monoisotopic (exact) mass is 273 g/mol. The van der Waals surface area contributed by atoms with E-state index in [4.69, 9.17) is 14.9 Å². The van der Waals surface area contributed by atoms with E-state index in [1.807, 2.05) is 24.3 Å². The van der Waals surface area contributed by atoms with Crippen LogP contribution in [0.3, 0.4) is 0 Å². The summed E-state index contributed by atoms with van der Waals surface area (Å²) in [5.74, 6) is 3.24. The van der Waals surface area contributed by atoms with Gasteiger partial charge in [0.25, 0.3) is 0 Å². The maximum atomic E-state index is 5.73. The van der Waals surface area contributed by atoms with Crippen LogP contribution in [0.4, 0.5) is 0 Å². The van der Waals surface area contributed by atoms with E-state index in [0.29, 0.717) is 19.1 Å². The van der Waals surface area contributed by atoms with Crippen molar-refractivity contribution in [2.45, 2.75) is 39.2 Å². The van der Waals surface area contributed by atoms with Crippen LogP contribution >= 0.6 is 0 Å². The van der Waals surface area contributed by atoms with Crippen molar-refractivity contribution in [1.82, 2.24) is 0 Å². The molecule has 2 N–H and O–H groups in total. The first-order valence-electron chi connectivity index (χ1n) is 7.19. The predicted octanol–water partition coefficient (Wildman–Crippen LogP) is 3.87. The summed E-state index contributed by atoms with van der Waals surface area (Å²) in [5, 5.41) is 0. The van der Waals surface area contributed by atoms with Crippen LogP contribution in [0.25, 0.3) is 0 Å². The minimum Gasteiger partial charge on any atom is -0.486 e. The molecular formula is C17H23NO2. The maximum absolute atomic E-state index is 5.73. The minimum atomic E-state index is 0.462. The van der Waals surface area contributed by atoms with E-state index in [1.165, 1.54) is 5.56 Å². The van der Waals surface area contributed by atoms with E-state index in [9.17, 15) is 0 Å². The molecule has 1 aromatic heterocycles. The molecule has 0 spiro atoms. The average Bonchev–Trinajstić information content (AvgIpc) is 2.91. The van der Waals surface area contributed by atoms with Crippen LogP contribution in [0.15, 0.2) is 40.8 Å². The molecule has 0 aliphatic rings. The Morgan fingerprint density at radius 2 is 1.75 bits per heavy atom. The van der Waals surface area contributed by atoms with Gasteiger partial charge < -0.3 is 14.9 Å². The van der Waals surface area contributed by atoms with Crippen LogP contribution in [-0.2, 0) is 13.0 Å². The molecule has 0 saturated carbocycles. The number of hydrogen-bond acceptors (Lipinski definition) is 3. The number of benzene rings is 1. The minimum absolute atomic E-state index is 0.462. The lowest BCUT2D eigenvalue weighted by atomic mass is 10.0. The van der Waals surface area contributed by atoms with Gasteiger partial charge in [-0.25, -0.2) is 0 Å². The third-order valence-electron chi connectivity index (χ3n) is 3.27. The van der Waals surface area contributed by atoms with Crippen molar-refractivity contribution in [3.05, 3.63) is 53.5 Å². The van der Waals surface area contributed by atoms with E-state index in [0.717, 1.165) is 30.1 Å². The summed E-state index contributed by atoms with van der Waals surface area (Å²) in [6, 6.07) is 12.2. The topological polar surface area (TPSA) is 48.4 Å². The Labute approximate surface area is 120 Å². The van der Waals surface area contributed by atoms with Gasteiger partial charge in [0, 0.05) is 6.42 Å². The van der Waals surface area contributed by atoms with Crippen LogP contribution in [-0.4, -0.2) is 6.54 Å². The van der Waals surface area contributed by atoms with Crippen molar-refractivity contribution in [3.8, 4) is 5.75 Å². The fraction of sp³-hybridized carbons (Fsp3) is 0.412. The van der Waals surface area contributed by atoms with Crippen molar-refractivity contribution < 1.29 is 9.15 Å². The largest absolute Gasteiger partial charge is 0.486 e. The van der Waals surface area contributed by atoms with E-state index in [-0.39, 0.29) is 0 Å². The van der Waals surface area contributed by atoms with E-state index in [2.05, 4.69) is 26.0 Å². The van der Waals surface area contributed by atoms with Gasteiger partial charge >= 0.3 is 0 Å². The van der Waals surface area contributed by atoms with Crippen LogP contribution in [0.5, 0.6) is 5.75 Å². The number of rotatable bonds is 7. The van der Waals surface area contributed by atoms with Crippen LogP contribution in [0, 0.1) is 0 Å². The SMILES string of the molecule is CC(C)c1ccc(OCc2ccc(CCCN)o2)cc1. The zero-order chi connectivity index (χ0) is 14.4. The van der Waals surface area contributed by atoms with Gasteiger partial charge in [-0.05, 0) is 48.7 Å². The van der Waals surface area contributed by atoms with Crippen molar-refractivity contribution in [2.24, 2.45) is 5.73 Å². The summed E-state index contributed by atoms with van der Waals surface area (Å²) in [7, 11) is 0. The lowest BCUT2D eigenvalue weighted by Crippen LogP contribution is -1.99. The van der Waals surface area contributed by atoms with E-state index in [1.54, 1.807) is 0 Å². The standard InChI is InChI=1S/C17H23NO2/c1-13(2)14-5-7-15(8-6-14)19-12-17-10-9-16(20-17)4-3-11-18/h5-10,13H,3-4,11-12,18H2,1-2H3. The molecule has 0 saturated heterocycles. The Hall–Kier alpha value is -1.74. The number of furan rings is 1. The fourth-order valence-electron chi connectivity index (χ4n) is 2.01. The molecule has 0 bridgehead atoms. The Balaban J connectivity index is 1.86. The fourth-order valence-corrected chi connectivity index (χ4v) is 2.01. The Bertz CT molecular complexity index is 514. The molecule has 0 aliphatic heterocycles. The summed E-state index contributed by atoms with van der Waals surface area (Å²) < 4.78 is 11.4. The van der Waals surface area contributed by atoms with Gasteiger partial charge in [-0.15, -0.1) is 0 Å². The molecule has 1 aromatic carbocycles. The zero-order valence-corrected chi connectivity index (χ0v) is 12.3. The zero-order valence-electron chi connectivity index (χ0n) is 12.3. The summed E-state index contributed by atoms with van der Waals surface area (Å²) in [4.78, 5) is 0. The molecule has 2 rings (SSSR count). The molecule has 0 amide bonds. The predicted molar refractivity (Wildman–Crippen MR) is 80.9 cm³/mol. The Kier molecular flexibility index (Phi) is 5.24. The van der Waals surface area contributed by atoms with Crippen molar-refractivity contribution in [1.29, 1.82) is 0 Å². The number of hydrogen-bond donors (Lipinski definition) is 1. The highest BCUT2D eigenvalue weighted by Gasteiger charge is 2.04. The van der Waals surface area contributed by atoms with Crippen molar-refractivity contribution in [3.63, 3.8) is 0 Å². The molecule has 0 aliphatic carbocycles. The lowest BCUT2D eigenvalue weighted by Gasteiger charge is -2.07. The highest BCUT2D eigenvalue weighted by Crippen LogP contribution is 2.20. The molecule has 2 aromatic rings. The number of ether oxygens (including phenoxy) is 1. The van der Waals surface area contributed by atoms with E-state index >= 15 is 0 Å². The highest BCUT2D eigenvalue weighted by atomic mass is 16.5. The second-order valence-electron chi connectivity index (χ2n) is 5.27. The number of aryl methyl sites for hydroxylation is 1. The molecule has 0 fully saturated rings. The first-order valence-corrected chi connectivity index (χ1v) is 7.19. The van der Waals surface area contributed by atoms with Crippen LogP contribution in [0.1, 0.15) is 43.3 Å². The maximum Gasteiger partial charge on any atom is 0.146 e. The molecule has 1 heterocycles. The summed E-state index contributed by atoms with van der Waals surface area (Å²) in [5.41, 5.74) is 6.80. The van der Waals surface area contributed by atoms with Gasteiger partial charge in [0.05, 0.1) is 0 Å². The molecular weight excluding hydrogens is 250 g/mol. The first-order chi connectivity index (χ1) is 9.69. The molecule has 0 atom stereocenters. The Morgan fingerprint density at radius 3 is 2.40 bits per heavy atom. The highest BCUT2D eigenvalue weighted by molar-refractivity contribution is 5.29. The summed E-state index contributed by atoms with van der Waals surface area (Å²) >= 11 is 0. The smallest absolute Gasteiger partial charge is 0.146 e. The molecule has 0 unspecified atom stereocenters. The van der Waals surface area contributed by atoms with E-state index < -0.39 is 0 Å². The van der Waals surface area contributed by atoms with Crippen molar-refractivity contribution in [2.75, 3.05) is 6.54 Å². The van der Waals surface area contributed by atoms with Gasteiger partial charge in [-0.1, -0.05) is 26.0 Å². The quantitative estimate of drug-likeness (QED) is 0.833. The third-order valence-corrected chi connectivity index (χ3v) is 3.27. The number of nitrogens with two attached hydrogens (primary N) is 1. The first kappa shape index (κ1) is 14.7. The average molecular weight is 273 g/mol. The normalized spacial score (nSPS) is 11.0. The molecule has 108 valence electrons. The molecule has 3 heteroatoms. The lowest BCUT2D eigenvalue weighted by molar-refractivity contribution is 0.266. The third kappa shape index (κ3) is 4.14. The van der Waals surface area contributed by atoms with Gasteiger partial charge in [0.15, 0.2) is 0 Å². The summed E-state index contributed by atoms with van der Waals surface area (Å²) in [6.45, 7) is 5.52. The van der Waals surface area contributed by atoms with Gasteiger partial charge in [-0.3, -0.25) is 0 Å². The van der Waals surface area contributed by atoms with Gasteiger partial charge in [0.2, 0.25) is 0 Å².